The summed E-state index contributed by atoms with van der Waals surface area (Å²) in [5.41, 5.74) is 2.01. The highest BCUT2D eigenvalue weighted by atomic mass is 35.5. The van der Waals surface area contributed by atoms with Gasteiger partial charge >= 0.3 is 0 Å². The van der Waals surface area contributed by atoms with E-state index in [0.29, 0.717) is 0 Å². The van der Waals surface area contributed by atoms with Crippen molar-refractivity contribution in [2.75, 3.05) is 0 Å². The van der Waals surface area contributed by atoms with Crippen molar-refractivity contribution >= 4 is 17.5 Å². The van der Waals surface area contributed by atoms with Crippen molar-refractivity contribution in [1.82, 2.24) is 15.3 Å². The number of hydrogen-bond donors (Lipinski definition) is 1. The second-order valence-electron chi connectivity index (χ2n) is 4.64. The monoisotopic (exact) mass is 265 g/mol. The summed E-state index contributed by atoms with van der Waals surface area (Å²) in [6, 6.07) is 2.07. The van der Waals surface area contributed by atoms with Gasteiger partial charge < -0.3 is 5.32 Å². The van der Waals surface area contributed by atoms with Gasteiger partial charge in [-0.3, -0.25) is 4.79 Å². The van der Waals surface area contributed by atoms with E-state index in [4.69, 9.17) is 11.6 Å². The fourth-order valence-electron chi connectivity index (χ4n) is 2.44. The molecule has 1 amide bonds. The Bertz CT molecular complexity index is 475. The average Bonchev–Trinajstić information content (AvgIpc) is 2.28. The maximum Gasteiger partial charge on any atom is 0.222 e. The minimum Gasteiger partial charge on any atom is -0.353 e. The van der Waals surface area contributed by atoms with E-state index in [9.17, 15) is 4.79 Å². The maximum absolute atomic E-state index is 11.0. The van der Waals surface area contributed by atoms with Crippen LogP contribution in [0.15, 0.2) is 24.4 Å². The fourth-order valence-corrected chi connectivity index (χ4v) is 2.60. The van der Waals surface area contributed by atoms with Gasteiger partial charge in [-0.15, -0.1) is 0 Å². The second-order valence-corrected chi connectivity index (χ2v) is 4.98. The molecule has 1 fully saturated rings. The van der Waals surface area contributed by atoms with Crippen molar-refractivity contribution < 1.29 is 4.79 Å². The van der Waals surface area contributed by atoms with Crippen LogP contribution >= 0.6 is 11.6 Å². The third-order valence-corrected chi connectivity index (χ3v) is 3.40. The molecule has 0 saturated heterocycles. The lowest BCUT2D eigenvalue weighted by molar-refractivity contribution is -0.119. The summed E-state index contributed by atoms with van der Waals surface area (Å²) in [7, 11) is 0. The van der Waals surface area contributed by atoms with Gasteiger partial charge in [-0.25, -0.2) is 9.97 Å². The SMILES string of the molecule is C=C1CC(NC(C)=O)CCC1c1ccnc(Cl)n1. The second kappa shape index (κ2) is 5.48. The van der Waals surface area contributed by atoms with Gasteiger partial charge in [0.2, 0.25) is 11.2 Å². The van der Waals surface area contributed by atoms with Gasteiger partial charge in [-0.1, -0.05) is 12.2 Å². The Morgan fingerprint density at radius 1 is 1.56 bits per heavy atom. The maximum atomic E-state index is 11.0. The first-order valence-corrected chi connectivity index (χ1v) is 6.37. The van der Waals surface area contributed by atoms with Gasteiger partial charge in [0, 0.05) is 25.1 Å². The Morgan fingerprint density at radius 3 is 2.94 bits per heavy atom. The van der Waals surface area contributed by atoms with E-state index >= 15 is 0 Å². The number of hydrogen-bond acceptors (Lipinski definition) is 3. The highest BCUT2D eigenvalue weighted by Gasteiger charge is 2.26. The number of rotatable bonds is 2. The van der Waals surface area contributed by atoms with Crippen LogP contribution in [-0.2, 0) is 4.79 Å². The molecule has 1 aromatic heterocycles. The molecule has 0 spiro atoms. The van der Waals surface area contributed by atoms with Gasteiger partial charge in [0.25, 0.3) is 0 Å². The van der Waals surface area contributed by atoms with E-state index < -0.39 is 0 Å². The molecule has 0 bridgehead atoms. The number of carbonyl (C=O) groups is 1. The Kier molecular flexibility index (Phi) is 3.97. The van der Waals surface area contributed by atoms with Gasteiger partial charge in [0.1, 0.15) is 0 Å². The van der Waals surface area contributed by atoms with Gasteiger partial charge in [-0.05, 0) is 36.9 Å². The Morgan fingerprint density at radius 2 is 2.33 bits per heavy atom. The molecule has 1 aliphatic rings. The molecule has 4 nitrogen and oxygen atoms in total. The van der Waals surface area contributed by atoms with Crippen LogP contribution < -0.4 is 5.32 Å². The topological polar surface area (TPSA) is 54.9 Å². The van der Waals surface area contributed by atoms with Crippen LogP contribution in [0.4, 0.5) is 0 Å². The minimum absolute atomic E-state index is 0.0105. The van der Waals surface area contributed by atoms with Gasteiger partial charge in [0.05, 0.1) is 5.69 Å². The first kappa shape index (κ1) is 13.0. The molecular formula is C13H16ClN3O. The fraction of sp³-hybridized carbons (Fsp3) is 0.462. The van der Waals surface area contributed by atoms with Crippen LogP contribution in [0.1, 0.15) is 37.8 Å². The number of nitrogens with zero attached hydrogens (tertiary/aromatic N) is 2. The average molecular weight is 266 g/mol. The summed E-state index contributed by atoms with van der Waals surface area (Å²) in [6.45, 7) is 5.65. The largest absolute Gasteiger partial charge is 0.353 e. The van der Waals surface area contributed by atoms with E-state index in [1.807, 2.05) is 6.07 Å². The minimum atomic E-state index is 0.0105. The molecule has 18 heavy (non-hydrogen) atoms. The summed E-state index contributed by atoms with van der Waals surface area (Å²) >= 11 is 5.80. The zero-order valence-electron chi connectivity index (χ0n) is 10.3. The van der Waals surface area contributed by atoms with E-state index in [-0.39, 0.29) is 23.2 Å². The van der Waals surface area contributed by atoms with Crippen molar-refractivity contribution in [1.29, 1.82) is 0 Å². The van der Waals surface area contributed by atoms with Crippen LogP contribution in [0, 0.1) is 0 Å². The number of halogens is 1. The van der Waals surface area contributed by atoms with Crippen molar-refractivity contribution in [2.45, 2.75) is 38.1 Å². The van der Waals surface area contributed by atoms with Crippen LogP contribution in [0.2, 0.25) is 5.28 Å². The van der Waals surface area contributed by atoms with E-state index in [2.05, 4.69) is 21.9 Å². The number of aromatic nitrogens is 2. The highest BCUT2D eigenvalue weighted by Crippen LogP contribution is 2.35. The molecule has 1 heterocycles. The zero-order valence-corrected chi connectivity index (χ0v) is 11.1. The molecule has 0 aromatic carbocycles. The molecule has 0 aliphatic heterocycles. The summed E-state index contributed by atoms with van der Waals surface area (Å²) in [4.78, 5) is 19.2. The normalized spacial score (nSPS) is 23.8. The van der Waals surface area contributed by atoms with Crippen molar-refractivity contribution in [3.8, 4) is 0 Å². The van der Waals surface area contributed by atoms with Crippen LogP contribution in [0.5, 0.6) is 0 Å². The molecule has 2 atom stereocenters. The molecule has 5 heteroatoms. The standard InChI is InChI=1S/C13H16ClN3O/c1-8-7-10(16-9(2)18)3-4-11(8)12-5-6-15-13(14)17-12/h5-6,10-11H,1,3-4,7H2,2H3,(H,16,18). The van der Waals surface area contributed by atoms with E-state index in [1.165, 1.54) is 0 Å². The summed E-state index contributed by atoms with van der Waals surface area (Å²) in [6.07, 6.45) is 4.33. The van der Waals surface area contributed by atoms with Gasteiger partial charge in [-0.2, -0.15) is 0 Å². The van der Waals surface area contributed by atoms with Crippen LogP contribution in [0.25, 0.3) is 0 Å². The lowest BCUT2D eigenvalue weighted by Gasteiger charge is -2.30. The molecule has 1 aliphatic carbocycles. The summed E-state index contributed by atoms with van der Waals surface area (Å²) in [5, 5.41) is 3.20. The smallest absolute Gasteiger partial charge is 0.222 e. The van der Waals surface area contributed by atoms with E-state index in [0.717, 1.165) is 30.5 Å². The zero-order chi connectivity index (χ0) is 13.1. The lowest BCUT2D eigenvalue weighted by Crippen LogP contribution is -2.36. The van der Waals surface area contributed by atoms with Crippen LogP contribution in [-0.4, -0.2) is 21.9 Å². The third kappa shape index (κ3) is 3.07. The van der Waals surface area contributed by atoms with Crippen molar-refractivity contribution in [3.05, 3.63) is 35.4 Å². The number of carbonyl (C=O) groups excluding carboxylic acids is 1. The molecule has 1 N–H and O–H groups in total. The molecule has 1 aromatic rings. The molecule has 96 valence electrons. The summed E-state index contributed by atoms with van der Waals surface area (Å²) < 4.78 is 0. The van der Waals surface area contributed by atoms with Crippen molar-refractivity contribution in [2.24, 2.45) is 0 Å². The number of nitrogens with one attached hydrogen (secondary N) is 1. The highest BCUT2D eigenvalue weighted by molar-refractivity contribution is 6.28. The first-order valence-electron chi connectivity index (χ1n) is 5.99. The quantitative estimate of drug-likeness (QED) is 0.660. The van der Waals surface area contributed by atoms with Crippen LogP contribution in [0.3, 0.4) is 0 Å². The molecular weight excluding hydrogens is 250 g/mol. The third-order valence-electron chi connectivity index (χ3n) is 3.22. The number of amides is 1. The van der Waals surface area contributed by atoms with Gasteiger partial charge in [0.15, 0.2) is 0 Å². The Labute approximate surface area is 111 Å². The predicted molar refractivity (Wildman–Crippen MR) is 70.4 cm³/mol. The summed E-state index contributed by atoms with van der Waals surface area (Å²) in [5.74, 6) is 0.229. The molecule has 2 rings (SSSR count). The van der Waals surface area contributed by atoms with Crippen molar-refractivity contribution in [3.63, 3.8) is 0 Å². The van der Waals surface area contributed by atoms with E-state index in [1.54, 1.807) is 13.1 Å². The Balaban J connectivity index is 2.06. The Hall–Kier alpha value is -1.42. The first-order chi connectivity index (χ1) is 8.56. The molecule has 2 unspecified atom stereocenters. The molecule has 1 saturated carbocycles. The predicted octanol–water partition coefficient (Wildman–Crippen LogP) is 2.46. The molecule has 0 radical (unpaired) electrons. The lowest BCUT2D eigenvalue weighted by atomic mass is 9.80.